The molecular formula is C17H12ClN3O. The van der Waals surface area contributed by atoms with Crippen LogP contribution in [0.4, 0.5) is 5.69 Å². The zero-order valence-electron chi connectivity index (χ0n) is 11.6. The van der Waals surface area contributed by atoms with Gasteiger partial charge in [-0.15, -0.1) is 0 Å². The molecule has 2 rings (SSSR count). The Hall–Kier alpha value is -2.82. The lowest BCUT2D eigenvalue weighted by molar-refractivity contribution is -0.116. The number of anilines is 1. The van der Waals surface area contributed by atoms with Gasteiger partial charge in [0, 0.05) is 12.1 Å². The van der Waals surface area contributed by atoms with E-state index in [9.17, 15) is 4.79 Å². The fraction of sp³-hybridized carbons (Fsp3) is 0.118. The summed E-state index contributed by atoms with van der Waals surface area (Å²) >= 11 is 5.91. The Morgan fingerprint density at radius 3 is 2.41 bits per heavy atom. The van der Waals surface area contributed by atoms with Gasteiger partial charge < -0.3 is 5.32 Å². The van der Waals surface area contributed by atoms with Crippen molar-refractivity contribution >= 4 is 23.2 Å². The SMILES string of the molecule is N#Cc1ccc(CCC(=O)Nc2ccc(C#N)c(Cl)c2)cc1. The van der Waals surface area contributed by atoms with Crippen LogP contribution in [0.1, 0.15) is 23.1 Å². The van der Waals surface area contributed by atoms with Crippen LogP contribution in [0.15, 0.2) is 42.5 Å². The van der Waals surface area contributed by atoms with Crippen LogP contribution in [0.25, 0.3) is 0 Å². The van der Waals surface area contributed by atoms with Crippen molar-refractivity contribution in [3.63, 3.8) is 0 Å². The molecule has 0 aliphatic heterocycles. The number of nitrogens with one attached hydrogen (secondary N) is 1. The molecule has 0 aliphatic carbocycles. The molecule has 0 bridgehead atoms. The zero-order valence-corrected chi connectivity index (χ0v) is 12.4. The van der Waals surface area contributed by atoms with Gasteiger partial charge in [-0.25, -0.2) is 0 Å². The van der Waals surface area contributed by atoms with Crippen LogP contribution in [0, 0.1) is 22.7 Å². The number of aryl methyl sites for hydroxylation is 1. The second-order valence-corrected chi connectivity index (χ2v) is 5.07. The Morgan fingerprint density at radius 2 is 1.82 bits per heavy atom. The highest BCUT2D eigenvalue weighted by Crippen LogP contribution is 2.20. The van der Waals surface area contributed by atoms with Crippen LogP contribution in [0.2, 0.25) is 5.02 Å². The normalized spacial score (nSPS) is 9.59. The molecule has 22 heavy (non-hydrogen) atoms. The van der Waals surface area contributed by atoms with Gasteiger partial charge in [-0.1, -0.05) is 23.7 Å². The average molecular weight is 310 g/mol. The summed E-state index contributed by atoms with van der Waals surface area (Å²) < 4.78 is 0. The molecule has 0 heterocycles. The van der Waals surface area contributed by atoms with Crippen LogP contribution >= 0.6 is 11.6 Å². The van der Waals surface area contributed by atoms with Gasteiger partial charge in [0.15, 0.2) is 0 Å². The van der Waals surface area contributed by atoms with Crippen LogP contribution in [-0.2, 0) is 11.2 Å². The fourth-order valence-electron chi connectivity index (χ4n) is 1.91. The number of rotatable bonds is 4. The first-order chi connectivity index (χ1) is 10.6. The van der Waals surface area contributed by atoms with Gasteiger partial charge in [-0.05, 0) is 42.3 Å². The molecule has 0 saturated carbocycles. The van der Waals surface area contributed by atoms with Crippen molar-refractivity contribution in [1.82, 2.24) is 0 Å². The number of carbonyl (C=O) groups excluding carboxylic acids is 1. The number of nitriles is 2. The minimum Gasteiger partial charge on any atom is -0.326 e. The van der Waals surface area contributed by atoms with Crippen molar-refractivity contribution in [3.8, 4) is 12.1 Å². The number of nitrogens with zero attached hydrogens (tertiary/aromatic N) is 2. The molecule has 2 aromatic carbocycles. The maximum Gasteiger partial charge on any atom is 0.224 e. The van der Waals surface area contributed by atoms with Gasteiger partial charge in [0.2, 0.25) is 5.91 Å². The Kier molecular flexibility index (Phi) is 5.14. The van der Waals surface area contributed by atoms with Gasteiger partial charge in [0.1, 0.15) is 6.07 Å². The molecule has 0 atom stereocenters. The lowest BCUT2D eigenvalue weighted by atomic mass is 10.1. The Bertz CT molecular complexity index is 770. The van der Waals surface area contributed by atoms with E-state index in [1.807, 2.05) is 18.2 Å². The summed E-state index contributed by atoms with van der Waals surface area (Å²) in [7, 11) is 0. The maximum atomic E-state index is 11.9. The third-order valence-electron chi connectivity index (χ3n) is 3.10. The first-order valence-electron chi connectivity index (χ1n) is 6.61. The van der Waals surface area contributed by atoms with Crippen LogP contribution in [0.5, 0.6) is 0 Å². The second-order valence-electron chi connectivity index (χ2n) is 4.66. The number of hydrogen-bond acceptors (Lipinski definition) is 3. The Balaban J connectivity index is 1.91. The van der Waals surface area contributed by atoms with Crippen molar-refractivity contribution < 1.29 is 4.79 Å². The molecule has 0 aliphatic rings. The molecule has 0 spiro atoms. The summed E-state index contributed by atoms with van der Waals surface area (Å²) in [6.07, 6.45) is 0.908. The van der Waals surface area contributed by atoms with E-state index >= 15 is 0 Å². The summed E-state index contributed by atoms with van der Waals surface area (Å²) in [6.45, 7) is 0. The summed E-state index contributed by atoms with van der Waals surface area (Å²) in [6, 6.07) is 15.9. The van der Waals surface area contributed by atoms with E-state index in [-0.39, 0.29) is 5.91 Å². The predicted molar refractivity (Wildman–Crippen MR) is 84.3 cm³/mol. The number of hydrogen-bond donors (Lipinski definition) is 1. The van der Waals surface area contributed by atoms with E-state index in [4.69, 9.17) is 22.1 Å². The lowest BCUT2D eigenvalue weighted by Crippen LogP contribution is -2.12. The van der Waals surface area contributed by atoms with Crippen molar-refractivity contribution in [1.29, 1.82) is 10.5 Å². The van der Waals surface area contributed by atoms with Crippen LogP contribution < -0.4 is 5.32 Å². The number of carbonyl (C=O) groups is 1. The van der Waals surface area contributed by atoms with Crippen LogP contribution in [0.3, 0.4) is 0 Å². The lowest BCUT2D eigenvalue weighted by Gasteiger charge is -2.06. The fourth-order valence-corrected chi connectivity index (χ4v) is 2.13. The van der Waals surface area contributed by atoms with Gasteiger partial charge in [-0.3, -0.25) is 4.79 Å². The first kappa shape index (κ1) is 15.6. The standard InChI is InChI=1S/C17H12ClN3O/c18-16-9-15(7-6-14(16)11-20)21-17(22)8-5-12-1-3-13(10-19)4-2-12/h1-4,6-7,9H,5,8H2,(H,21,22). The third-order valence-corrected chi connectivity index (χ3v) is 3.41. The highest BCUT2D eigenvalue weighted by Gasteiger charge is 2.06. The highest BCUT2D eigenvalue weighted by atomic mass is 35.5. The Labute approximate surface area is 133 Å². The van der Waals surface area contributed by atoms with E-state index in [0.29, 0.717) is 34.7 Å². The molecule has 1 N–H and O–H groups in total. The highest BCUT2D eigenvalue weighted by molar-refractivity contribution is 6.32. The van der Waals surface area contributed by atoms with Gasteiger partial charge >= 0.3 is 0 Å². The minimum absolute atomic E-state index is 0.134. The second kappa shape index (κ2) is 7.26. The third kappa shape index (κ3) is 4.09. The average Bonchev–Trinajstić information content (AvgIpc) is 2.53. The molecule has 108 valence electrons. The molecule has 0 saturated heterocycles. The van der Waals surface area contributed by atoms with Gasteiger partial charge in [-0.2, -0.15) is 10.5 Å². The van der Waals surface area contributed by atoms with E-state index in [1.165, 1.54) is 0 Å². The quantitative estimate of drug-likeness (QED) is 0.936. The monoisotopic (exact) mass is 309 g/mol. The summed E-state index contributed by atoms with van der Waals surface area (Å²) in [4.78, 5) is 11.9. The van der Waals surface area contributed by atoms with Crippen molar-refractivity contribution in [3.05, 3.63) is 64.2 Å². The minimum atomic E-state index is -0.134. The molecule has 5 heteroatoms. The molecule has 0 fully saturated rings. The molecule has 0 aromatic heterocycles. The molecule has 0 radical (unpaired) electrons. The first-order valence-corrected chi connectivity index (χ1v) is 6.98. The molecule has 4 nitrogen and oxygen atoms in total. The maximum absolute atomic E-state index is 11.9. The summed E-state index contributed by atoms with van der Waals surface area (Å²) in [5.74, 6) is -0.134. The van der Waals surface area contributed by atoms with E-state index in [0.717, 1.165) is 5.56 Å². The van der Waals surface area contributed by atoms with Crippen LogP contribution in [-0.4, -0.2) is 5.91 Å². The largest absolute Gasteiger partial charge is 0.326 e. The summed E-state index contributed by atoms with van der Waals surface area (Å²) in [5, 5.41) is 20.6. The van der Waals surface area contributed by atoms with Crippen molar-refractivity contribution in [2.75, 3.05) is 5.32 Å². The predicted octanol–water partition coefficient (Wildman–Crippen LogP) is 3.65. The summed E-state index contributed by atoms with van der Waals surface area (Å²) in [5.41, 5.74) is 2.53. The van der Waals surface area contributed by atoms with Crippen molar-refractivity contribution in [2.45, 2.75) is 12.8 Å². The smallest absolute Gasteiger partial charge is 0.224 e. The molecule has 1 amide bonds. The number of benzene rings is 2. The van der Waals surface area contributed by atoms with E-state index < -0.39 is 0 Å². The van der Waals surface area contributed by atoms with Crippen molar-refractivity contribution in [2.24, 2.45) is 0 Å². The zero-order chi connectivity index (χ0) is 15.9. The van der Waals surface area contributed by atoms with Gasteiger partial charge in [0.25, 0.3) is 0 Å². The van der Waals surface area contributed by atoms with Gasteiger partial charge in [0.05, 0.1) is 22.2 Å². The topological polar surface area (TPSA) is 76.7 Å². The van der Waals surface area contributed by atoms with E-state index in [2.05, 4.69) is 11.4 Å². The number of amides is 1. The number of halogens is 1. The Morgan fingerprint density at radius 1 is 1.09 bits per heavy atom. The molecule has 2 aromatic rings. The van der Waals surface area contributed by atoms with E-state index in [1.54, 1.807) is 30.3 Å². The molecular weight excluding hydrogens is 298 g/mol. The molecule has 0 unspecified atom stereocenters.